The lowest BCUT2D eigenvalue weighted by atomic mass is 10.2. The highest BCUT2D eigenvalue weighted by atomic mass is 79.9. The number of thiophene rings is 1. The van der Waals surface area contributed by atoms with Gasteiger partial charge < -0.3 is 10.1 Å². The molecule has 4 heteroatoms. The molecule has 0 radical (unpaired) electrons. The third-order valence-electron chi connectivity index (χ3n) is 2.40. The number of aryl methyl sites for hydroxylation is 1. The van der Waals surface area contributed by atoms with Crippen LogP contribution >= 0.6 is 27.3 Å². The summed E-state index contributed by atoms with van der Waals surface area (Å²) in [4.78, 5) is 1.39. The fraction of sp³-hybridized carbons (Fsp3) is 0.600. The van der Waals surface area contributed by atoms with Crippen LogP contribution in [0.25, 0.3) is 0 Å². The van der Waals surface area contributed by atoms with Gasteiger partial charge in [0.15, 0.2) is 0 Å². The smallest absolute Gasteiger partial charge is 0.0730 e. The Morgan fingerprint density at radius 3 is 3.14 bits per heavy atom. The summed E-state index contributed by atoms with van der Waals surface area (Å²) in [5.74, 6) is 0. The Kier molecular flexibility index (Phi) is 3.60. The monoisotopic (exact) mass is 275 g/mol. The zero-order chi connectivity index (χ0) is 9.97. The molecule has 1 N–H and O–H groups in total. The molecule has 0 spiro atoms. The molecule has 1 aliphatic rings. The van der Waals surface area contributed by atoms with E-state index in [2.05, 4.69) is 34.2 Å². The molecule has 2 heterocycles. The second kappa shape index (κ2) is 4.75. The van der Waals surface area contributed by atoms with Gasteiger partial charge >= 0.3 is 0 Å². The van der Waals surface area contributed by atoms with E-state index in [4.69, 9.17) is 4.74 Å². The van der Waals surface area contributed by atoms with Crippen LogP contribution in [-0.4, -0.2) is 19.3 Å². The Hall–Kier alpha value is 0.100. The van der Waals surface area contributed by atoms with E-state index in [1.54, 1.807) is 0 Å². The number of nitrogens with one attached hydrogen (secondary N) is 1. The molecule has 1 unspecified atom stereocenters. The van der Waals surface area contributed by atoms with Crippen molar-refractivity contribution in [3.05, 3.63) is 20.3 Å². The van der Waals surface area contributed by atoms with Crippen LogP contribution in [0.2, 0.25) is 0 Å². The average Bonchev–Trinajstić information content (AvgIpc) is 2.74. The van der Waals surface area contributed by atoms with Crippen LogP contribution in [0.4, 0.5) is 0 Å². The predicted octanol–water partition coefficient (Wildman–Crippen LogP) is 2.70. The summed E-state index contributed by atoms with van der Waals surface area (Å²) in [6, 6.07) is 2.79. The summed E-state index contributed by atoms with van der Waals surface area (Å²) >= 11 is 5.35. The maximum atomic E-state index is 5.31. The first-order valence-corrected chi connectivity index (χ1v) is 6.42. The van der Waals surface area contributed by atoms with Gasteiger partial charge in [-0.05, 0) is 40.9 Å². The lowest BCUT2D eigenvalue weighted by Crippen LogP contribution is -2.28. The molecule has 0 aromatic carbocycles. The fourth-order valence-corrected chi connectivity index (χ4v) is 3.13. The molecule has 14 heavy (non-hydrogen) atoms. The van der Waals surface area contributed by atoms with Crippen molar-refractivity contribution in [3.63, 3.8) is 0 Å². The van der Waals surface area contributed by atoms with Crippen LogP contribution in [0.3, 0.4) is 0 Å². The first-order valence-electron chi connectivity index (χ1n) is 4.81. The Morgan fingerprint density at radius 1 is 1.71 bits per heavy atom. The van der Waals surface area contributed by atoms with Crippen LogP contribution in [0.1, 0.15) is 16.9 Å². The standard InChI is InChI=1S/C10H14BrNOS/c1-7-4-9(14-10(7)11)5-12-8-2-3-13-6-8/h4,8,12H,2-3,5-6H2,1H3. The minimum absolute atomic E-state index is 0.552. The van der Waals surface area contributed by atoms with E-state index in [1.165, 1.54) is 14.2 Å². The van der Waals surface area contributed by atoms with Gasteiger partial charge in [0.1, 0.15) is 0 Å². The highest BCUT2D eigenvalue weighted by molar-refractivity contribution is 9.11. The van der Waals surface area contributed by atoms with Crippen molar-refractivity contribution < 1.29 is 4.74 Å². The highest BCUT2D eigenvalue weighted by Gasteiger charge is 2.14. The van der Waals surface area contributed by atoms with E-state index in [-0.39, 0.29) is 0 Å². The zero-order valence-corrected chi connectivity index (χ0v) is 10.6. The van der Waals surface area contributed by atoms with E-state index in [9.17, 15) is 0 Å². The molecule has 1 aromatic rings. The van der Waals surface area contributed by atoms with Crippen molar-refractivity contribution in [2.75, 3.05) is 13.2 Å². The van der Waals surface area contributed by atoms with E-state index >= 15 is 0 Å². The summed E-state index contributed by atoms with van der Waals surface area (Å²) in [6.07, 6.45) is 1.14. The predicted molar refractivity (Wildman–Crippen MR) is 62.8 cm³/mol. The van der Waals surface area contributed by atoms with Crippen molar-refractivity contribution in [1.29, 1.82) is 0 Å². The third kappa shape index (κ3) is 2.57. The number of ether oxygens (including phenoxy) is 1. The quantitative estimate of drug-likeness (QED) is 0.916. The number of hydrogen-bond donors (Lipinski definition) is 1. The summed E-state index contributed by atoms with van der Waals surface area (Å²) in [6.45, 7) is 4.87. The summed E-state index contributed by atoms with van der Waals surface area (Å²) in [5.41, 5.74) is 1.33. The van der Waals surface area contributed by atoms with Crippen LogP contribution < -0.4 is 5.32 Å². The zero-order valence-electron chi connectivity index (χ0n) is 8.18. The van der Waals surface area contributed by atoms with Crippen LogP contribution in [0.5, 0.6) is 0 Å². The topological polar surface area (TPSA) is 21.3 Å². The van der Waals surface area contributed by atoms with Gasteiger partial charge in [-0.2, -0.15) is 0 Å². The summed E-state index contributed by atoms with van der Waals surface area (Å²) < 4.78 is 6.55. The molecule has 0 bridgehead atoms. The van der Waals surface area contributed by atoms with Crippen molar-refractivity contribution in [3.8, 4) is 0 Å². The molecule has 2 nitrogen and oxygen atoms in total. The van der Waals surface area contributed by atoms with Crippen molar-refractivity contribution >= 4 is 27.3 Å². The first kappa shape index (κ1) is 10.6. The van der Waals surface area contributed by atoms with Gasteiger partial charge in [-0.3, -0.25) is 0 Å². The Morgan fingerprint density at radius 2 is 2.57 bits per heavy atom. The molecule has 1 fully saturated rings. The maximum absolute atomic E-state index is 5.31. The van der Waals surface area contributed by atoms with Gasteiger partial charge in [0.05, 0.1) is 10.4 Å². The molecular formula is C10H14BrNOS. The SMILES string of the molecule is Cc1cc(CNC2CCOC2)sc1Br. The Balaban J connectivity index is 1.85. The Labute approximate surface area is 96.8 Å². The minimum Gasteiger partial charge on any atom is -0.380 e. The molecule has 78 valence electrons. The van der Waals surface area contributed by atoms with Gasteiger partial charge in [0.2, 0.25) is 0 Å². The van der Waals surface area contributed by atoms with Crippen LogP contribution in [0, 0.1) is 6.92 Å². The summed E-state index contributed by atoms with van der Waals surface area (Å²) in [7, 11) is 0. The normalized spacial score (nSPS) is 21.7. The van der Waals surface area contributed by atoms with Gasteiger partial charge in [0, 0.05) is 24.1 Å². The third-order valence-corrected chi connectivity index (χ3v) is 4.54. The first-order chi connectivity index (χ1) is 6.75. The molecule has 1 saturated heterocycles. The molecular weight excluding hydrogens is 262 g/mol. The average molecular weight is 276 g/mol. The lowest BCUT2D eigenvalue weighted by molar-refractivity contribution is 0.190. The van der Waals surface area contributed by atoms with Crippen LogP contribution in [0.15, 0.2) is 9.85 Å². The second-order valence-electron chi connectivity index (χ2n) is 3.61. The number of rotatable bonds is 3. The van der Waals surface area contributed by atoms with Gasteiger partial charge in [-0.15, -0.1) is 11.3 Å². The molecule has 0 aliphatic carbocycles. The van der Waals surface area contributed by atoms with E-state index < -0.39 is 0 Å². The molecule has 1 aromatic heterocycles. The summed E-state index contributed by atoms with van der Waals surface area (Å²) in [5, 5.41) is 3.50. The molecule has 2 rings (SSSR count). The number of halogens is 1. The van der Waals surface area contributed by atoms with Crippen molar-refractivity contribution in [2.45, 2.75) is 25.9 Å². The van der Waals surface area contributed by atoms with E-state index in [0.717, 1.165) is 26.2 Å². The fourth-order valence-electron chi connectivity index (χ4n) is 1.55. The molecule has 1 atom stereocenters. The largest absolute Gasteiger partial charge is 0.380 e. The van der Waals surface area contributed by atoms with Gasteiger partial charge in [-0.1, -0.05) is 0 Å². The molecule has 1 aliphatic heterocycles. The van der Waals surface area contributed by atoms with Crippen molar-refractivity contribution in [2.24, 2.45) is 0 Å². The van der Waals surface area contributed by atoms with Crippen LogP contribution in [-0.2, 0) is 11.3 Å². The maximum Gasteiger partial charge on any atom is 0.0730 e. The van der Waals surface area contributed by atoms with Gasteiger partial charge in [-0.25, -0.2) is 0 Å². The van der Waals surface area contributed by atoms with E-state index in [0.29, 0.717) is 6.04 Å². The van der Waals surface area contributed by atoms with E-state index in [1.807, 2.05) is 11.3 Å². The molecule has 0 amide bonds. The molecule has 0 saturated carbocycles. The number of hydrogen-bond acceptors (Lipinski definition) is 3. The Bertz CT molecular complexity index is 288. The highest BCUT2D eigenvalue weighted by Crippen LogP contribution is 2.27. The lowest BCUT2D eigenvalue weighted by Gasteiger charge is -2.08. The van der Waals surface area contributed by atoms with Gasteiger partial charge in [0.25, 0.3) is 0 Å². The van der Waals surface area contributed by atoms with Crippen molar-refractivity contribution in [1.82, 2.24) is 5.32 Å². The minimum atomic E-state index is 0.552. The second-order valence-corrected chi connectivity index (χ2v) is 6.07.